The van der Waals surface area contributed by atoms with Crippen molar-refractivity contribution in [1.29, 1.82) is 0 Å². The predicted molar refractivity (Wildman–Crippen MR) is 92.0 cm³/mol. The van der Waals surface area contributed by atoms with Crippen molar-refractivity contribution in [2.24, 2.45) is 0 Å². The highest BCUT2D eigenvalue weighted by molar-refractivity contribution is 5.54. The van der Waals surface area contributed by atoms with E-state index in [1.165, 1.54) is 5.56 Å². The van der Waals surface area contributed by atoms with Crippen molar-refractivity contribution in [2.75, 3.05) is 53.2 Å². The Morgan fingerprint density at radius 3 is 2.57 bits per heavy atom. The van der Waals surface area contributed by atoms with Gasteiger partial charge in [0.05, 0.1) is 33.4 Å². The minimum absolute atomic E-state index is 0.116. The molecule has 1 aromatic rings. The highest BCUT2D eigenvalue weighted by atomic mass is 16.5. The van der Waals surface area contributed by atoms with E-state index in [0.29, 0.717) is 24.4 Å². The summed E-state index contributed by atoms with van der Waals surface area (Å²) in [6.07, 6.45) is 2.41. The smallest absolute Gasteiger partial charge is 0.209 e. The number of methoxy groups -OCH3 is 1. The largest absolute Gasteiger partial charge is 0.495 e. The van der Waals surface area contributed by atoms with Crippen molar-refractivity contribution in [3.05, 3.63) is 23.8 Å². The first kappa shape index (κ1) is 19.3. The van der Waals surface area contributed by atoms with Gasteiger partial charge in [-0.15, -0.1) is 0 Å². The SMILES string of the molecule is COc1ccc(C[N+](C)(C)CCCN(C=O)CCCO)cc1N. The number of hydrogen-bond donors (Lipinski definition) is 2. The maximum Gasteiger partial charge on any atom is 0.209 e. The van der Waals surface area contributed by atoms with Gasteiger partial charge in [0.15, 0.2) is 0 Å². The number of nitrogens with two attached hydrogens (primary N) is 1. The molecule has 0 spiro atoms. The van der Waals surface area contributed by atoms with Crippen molar-refractivity contribution in [3.8, 4) is 5.75 Å². The Morgan fingerprint density at radius 1 is 1.30 bits per heavy atom. The van der Waals surface area contributed by atoms with Gasteiger partial charge >= 0.3 is 0 Å². The fourth-order valence-corrected chi connectivity index (χ4v) is 2.65. The second kappa shape index (κ2) is 9.37. The number of carbonyl (C=O) groups is 1. The summed E-state index contributed by atoms with van der Waals surface area (Å²) in [6.45, 7) is 3.27. The number of aliphatic hydroxyl groups excluding tert-OH is 1. The molecule has 1 amide bonds. The molecule has 1 rings (SSSR count). The molecule has 0 saturated carbocycles. The molecule has 0 aliphatic heterocycles. The van der Waals surface area contributed by atoms with Gasteiger partial charge in [-0.05, 0) is 24.6 Å². The van der Waals surface area contributed by atoms with Crippen LogP contribution in [-0.4, -0.2) is 68.3 Å². The summed E-state index contributed by atoms with van der Waals surface area (Å²) in [6, 6.07) is 5.89. The van der Waals surface area contributed by atoms with Crippen molar-refractivity contribution >= 4 is 12.1 Å². The molecule has 0 radical (unpaired) electrons. The average Bonchev–Trinajstić information content (AvgIpc) is 2.50. The Morgan fingerprint density at radius 2 is 2.00 bits per heavy atom. The fraction of sp³-hybridized carbons (Fsp3) is 0.588. The number of carbonyl (C=O) groups excluding carboxylic acids is 1. The van der Waals surface area contributed by atoms with Crippen LogP contribution in [0.2, 0.25) is 0 Å². The number of anilines is 1. The van der Waals surface area contributed by atoms with Crippen LogP contribution in [0.25, 0.3) is 0 Å². The Hall–Kier alpha value is -1.79. The van der Waals surface area contributed by atoms with Gasteiger partial charge in [-0.3, -0.25) is 4.79 Å². The van der Waals surface area contributed by atoms with Crippen LogP contribution in [0, 0.1) is 0 Å². The van der Waals surface area contributed by atoms with E-state index in [9.17, 15) is 4.79 Å². The molecule has 0 fully saturated rings. The van der Waals surface area contributed by atoms with Gasteiger partial charge in [-0.25, -0.2) is 0 Å². The van der Waals surface area contributed by atoms with E-state index in [1.54, 1.807) is 12.0 Å². The third-order valence-corrected chi connectivity index (χ3v) is 3.87. The summed E-state index contributed by atoms with van der Waals surface area (Å²) in [5.74, 6) is 0.699. The van der Waals surface area contributed by atoms with Gasteiger partial charge in [0.25, 0.3) is 0 Å². The van der Waals surface area contributed by atoms with Crippen LogP contribution >= 0.6 is 0 Å². The third kappa shape index (κ3) is 6.88. The number of ether oxygens (including phenoxy) is 1. The first-order chi connectivity index (χ1) is 10.9. The minimum atomic E-state index is 0.116. The molecule has 0 saturated heterocycles. The number of amides is 1. The van der Waals surface area contributed by atoms with Gasteiger partial charge in [-0.2, -0.15) is 0 Å². The lowest BCUT2D eigenvalue weighted by molar-refractivity contribution is -0.903. The topological polar surface area (TPSA) is 75.8 Å². The second-order valence-corrected chi connectivity index (χ2v) is 6.47. The normalized spacial score (nSPS) is 11.3. The quantitative estimate of drug-likeness (QED) is 0.363. The Labute approximate surface area is 139 Å². The zero-order valence-corrected chi connectivity index (χ0v) is 14.5. The summed E-state index contributed by atoms with van der Waals surface area (Å²) >= 11 is 0. The van der Waals surface area contributed by atoms with E-state index < -0.39 is 0 Å². The standard InChI is InChI=1S/C17H30N3O3/c1-20(2,10-4-8-19(14-22)9-5-11-21)13-15-6-7-17(23-3)16(18)12-15/h6-7,12,14,21H,4-5,8-11,13,18H2,1-3H3/q+1. The molecule has 6 heteroatoms. The lowest BCUT2D eigenvalue weighted by Gasteiger charge is -2.31. The maximum absolute atomic E-state index is 11.0. The molecule has 0 aliphatic carbocycles. The van der Waals surface area contributed by atoms with E-state index in [-0.39, 0.29) is 6.61 Å². The Kier molecular flexibility index (Phi) is 7.85. The number of aliphatic hydroxyl groups is 1. The van der Waals surface area contributed by atoms with E-state index in [4.69, 9.17) is 15.6 Å². The van der Waals surface area contributed by atoms with E-state index in [2.05, 4.69) is 14.1 Å². The van der Waals surface area contributed by atoms with Crippen LogP contribution in [-0.2, 0) is 11.3 Å². The Bertz CT molecular complexity index is 492. The van der Waals surface area contributed by atoms with Crippen molar-refractivity contribution in [3.63, 3.8) is 0 Å². The molecular formula is C17H30N3O3+. The van der Waals surface area contributed by atoms with Crippen molar-refractivity contribution in [1.82, 2.24) is 4.90 Å². The summed E-state index contributed by atoms with van der Waals surface area (Å²) in [4.78, 5) is 12.7. The highest BCUT2D eigenvalue weighted by Gasteiger charge is 2.17. The second-order valence-electron chi connectivity index (χ2n) is 6.47. The van der Waals surface area contributed by atoms with Gasteiger partial charge in [0, 0.05) is 31.7 Å². The fourth-order valence-electron chi connectivity index (χ4n) is 2.65. The number of nitrogens with zero attached hydrogens (tertiary/aromatic N) is 2. The molecule has 0 aliphatic rings. The molecular weight excluding hydrogens is 294 g/mol. The maximum atomic E-state index is 11.0. The van der Waals surface area contributed by atoms with Gasteiger partial charge in [0.2, 0.25) is 6.41 Å². The van der Waals surface area contributed by atoms with Crippen LogP contribution in [0.3, 0.4) is 0 Å². The van der Waals surface area contributed by atoms with Crippen molar-refractivity contribution in [2.45, 2.75) is 19.4 Å². The number of quaternary nitrogens is 1. The summed E-state index contributed by atoms with van der Waals surface area (Å²) in [7, 11) is 5.94. The molecule has 0 aromatic heterocycles. The first-order valence-electron chi connectivity index (χ1n) is 7.96. The van der Waals surface area contributed by atoms with Crippen LogP contribution in [0.15, 0.2) is 18.2 Å². The Balaban J connectivity index is 2.49. The summed E-state index contributed by atoms with van der Waals surface area (Å²) in [5, 5.41) is 8.82. The highest BCUT2D eigenvalue weighted by Crippen LogP contribution is 2.23. The lowest BCUT2D eigenvalue weighted by Crippen LogP contribution is -2.41. The molecule has 0 heterocycles. The van der Waals surface area contributed by atoms with E-state index >= 15 is 0 Å². The monoisotopic (exact) mass is 324 g/mol. The molecule has 130 valence electrons. The molecule has 0 unspecified atom stereocenters. The zero-order valence-electron chi connectivity index (χ0n) is 14.5. The molecule has 6 nitrogen and oxygen atoms in total. The number of benzene rings is 1. The molecule has 0 atom stereocenters. The lowest BCUT2D eigenvalue weighted by atomic mass is 10.1. The summed E-state index contributed by atoms with van der Waals surface area (Å²) in [5.41, 5.74) is 7.78. The first-order valence-corrected chi connectivity index (χ1v) is 7.96. The average molecular weight is 324 g/mol. The van der Waals surface area contributed by atoms with Gasteiger partial charge in [-0.1, -0.05) is 0 Å². The molecule has 1 aromatic carbocycles. The predicted octanol–water partition coefficient (Wildman–Crippen LogP) is 1.08. The van der Waals surface area contributed by atoms with Crippen molar-refractivity contribution < 1.29 is 19.1 Å². The van der Waals surface area contributed by atoms with Crippen LogP contribution in [0.1, 0.15) is 18.4 Å². The number of rotatable bonds is 11. The van der Waals surface area contributed by atoms with E-state index in [1.807, 2.05) is 18.2 Å². The van der Waals surface area contributed by atoms with Crippen LogP contribution in [0.5, 0.6) is 5.75 Å². The molecule has 0 bridgehead atoms. The third-order valence-electron chi connectivity index (χ3n) is 3.87. The van der Waals surface area contributed by atoms with Crippen LogP contribution in [0.4, 0.5) is 5.69 Å². The molecule has 3 N–H and O–H groups in total. The molecule has 23 heavy (non-hydrogen) atoms. The number of nitrogen functional groups attached to an aromatic ring is 1. The van der Waals surface area contributed by atoms with E-state index in [0.717, 1.165) is 36.9 Å². The van der Waals surface area contributed by atoms with Gasteiger partial charge in [0.1, 0.15) is 12.3 Å². The minimum Gasteiger partial charge on any atom is -0.495 e. The van der Waals surface area contributed by atoms with Gasteiger partial charge < -0.3 is 25.0 Å². The van der Waals surface area contributed by atoms with Crippen LogP contribution < -0.4 is 10.5 Å². The zero-order chi connectivity index (χ0) is 17.3. The summed E-state index contributed by atoms with van der Waals surface area (Å²) < 4.78 is 6.00. The number of hydrogen-bond acceptors (Lipinski definition) is 4.